The van der Waals surface area contributed by atoms with E-state index in [4.69, 9.17) is 4.74 Å². The van der Waals surface area contributed by atoms with Crippen LogP contribution in [0, 0.1) is 0 Å². The summed E-state index contributed by atoms with van der Waals surface area (Å²) in [6, 6.07) is 3.96. The van der Waals surface area contributed by atoms with Gasteiger partial charge < -0.3 is 9.64 Å². The highest BCUT2D eigenvalue weighted by Crippen LogP contribution is 2.26. The third kappa shape index (κ3) is 4.56. The first-order valence-corrected chi connectivity index (χ1v) is 10.2. The smallest absolute Gasteiger partial charge is 0.345 e. The number of aromatic nitrogens is 3. The molecule has 27 heavy (non-hydrogen) atoms. The Bertz CT molecular complexity index is 830. The van der Waals surface area contributed by atoms with E-state index in [-0.39, 0.29) is 17.5 Å². The predicted molar refractivity (Wildman–Crippen MR) is 106 cm³/mol. The summed E-state index contributed by atoms with van der Waals surface area (Å²) >= 11 is 1.61. The van der Waals surface area contributed by atoms with Gasteiger partial charge in [0.15, 0.2) is 0 Å². The van der Waals surface area contributed by atoms with Gasteiger partial charge in [-0.3, -0.25) is 9.36 Å². The van der Waals surface area contributed by atoms with E-state index in [2.05, 4.69) is 5.10 Å². The summed E-state index contributed by atoms with van der Waals surface area (Å²) in [6.45, 7) is 4.84. The van der Waals surface area contributed by atoms with E-state index in [1.54, 1.807) is 29.1 Å². The number of likely N-dealkylation sites (tertiary alicyclic amines) is 1. The number of nitrogens with zero attached hydrogens (tertiary/aromatic N) is 4. The van der Waals surface area contributed by atoms with Crippen molar-refractivity contribution in [3.05, 3.63) is 44.8 Å². The van der Waals surface area contributed by atoms with E-state index in [1.165, 1.54) is 4.68 Å². The van der Waals surface area contributed by atoms with Crippen LogP contribution in [0.2, 0.25) is 0 Å². The molecular formula is C19H26N4O3S. The van der Waals surface area contributed by atoms with Gasteiger partial charge in [-0.05, 0) is 37.3 Å². The highest BCUT2D eigenvalue weighted by atomic mass is 32.1. The molecule has 0 atom stereocenters. The predicted octanol–water partition coefficient (Wildman–Crippen LogP) is 2.19. The van der Waals surface area contributed by atoms with Crippen LogP contribution in [0.5, 0.6) is 0 Å². The second-order valence-electron chi connectivity index (χ2n) is 6.55. The summed E-state index contributed by atoms with van der Waals surface area (Å²) in [6.07, 6.45) is 5.15. The molecule has 3 rings (SSSR count). The zero-order valence-electron chi connectivity index (χ0n) is 15.8. The van der Waals surface area contributed by atoms with Crippen molar-refractivity contribution < 1.29 is 9.53 Å². The molecular weight excluding hydrogens is 364 g/mol. The topological polar surface area (TPSA) is 69.4 Å². The van der Waals surface area contributed by atoms with E-state index in [0.29, 0.717) is 32.8 Å². The molecule has 0 radical (unpaired) electrons. The zero-order chi connectivity index (χ0) is 19.2. The molecule has 1 aliphatic heterocycles. The monoisotopic (exact) mass is 390 g/mol. The Morgan fingerprint density at radius 2 is 2.19 bits per heavy atom. The minimum Gasteiger partial charge on any atom is -0.383 e. The van der Waals surface area contributed by atoms with Crippen LogP contribution in [-0.2, 0) is 22.6 Å². The summed E-state index contributed by atoms with van der Waals surface area (Å²) in [5.74, 6) is 1.08. The number of amides is 1. The van der Waals surface area contributed by atoms with Crippen LogP contribution in [-0.4, -0.2) is 52.0 Å². The zero-order valence-corrected chi connectivity index (χ0v) is 16.7. The second kappa shape index (κ2) is 9.14. The van der Waals surface area contributed by atoms with Crippen LogP contribution < -0.4 is 5.69 Å². The van der Waals surface area contributed by atoms with Gasteiger partial charge in [0, 0.05) is 43.6 Å². The second-order valence-corrected chi connectivity index (χ2v) is 7.53. The maximum Gasteiger partial charge on any atom is 0.345 e. The largest absolute Gasteiger partial charge is 0.383 e. The van der Waals surface area contributed by atoms with Crippen LogP contribution >= 0.6 is 11.3 Å². The molecule has 0 aromatic carbocycles. The van der Waals surface area contributed by atoms with Crippen LogP contribution in [0.3, 0.4) is 0 Å². The minimum atomic E-state index is -0.0815. The van der Waals surface area contributed by atoms with Crippen LogP contribution in [0.15, 0.2) is 28.4 Å². The Morgan fingerprint density at radius 3 is 2.81 bits per heavy atom. The Labute approximate surface area is 162 Å². The minimum absolute atomic E-state index is 0.0420. The van der Waals surface area contributed by atoms with Crippen molar-refractivity contribution >= 4 is 23.3 Å². The third-order valence-corrected chi connectivity index (χ3v) is 5.72. The molecule has 1 saturated heterocycles. The first-order chi connectivity index (χ1) is 13.1. The lowest BCUT2D eigenvalue weighted by Gasteiger charge is -2.30. The van der Waals surface area contributed by atoms with Crippen molar-refractivity contribution in [3.8, 4) is 0 Å². The molecule has 146 valence electrons. The average molecular weight is 391 g/mol. The van der Waals surface area contributed by atoms with E-state index in [9.17, 15) is 9.59 Å². The molecule has 2 aromatic heterocycles. The first-order valence-electron chi connectivity index (χ1n) is 9.31. The van der Waals surface area contributed by atoms with Crippen LogP contribution in [0.4, 0.5) is 0 Å². The number of methoxy groups -OCH3 is 1. The van der Waals surface area contributed by atoms with Crippen LogP contribution in [0.25, 0.3) is 6.08 Å². The summed E-state index contributed by atoms with van der Waals surface area (Å²) in [4.78, 5) is 27.8. The number of rotatable bonds is 7. The van der Waals surface area contributed by atoms with E-state index < -0.39 is 0 Å². The fraction of sp³-hybridized carbons (Fsp3) is 0.526. The SMILES string of the molecule is CCn1c(C2CCN(C(=O)C=Cc3cccs3)CC2)nn(CCOC)c1=O. The third-order valence-electron chi connectivity index (χ3n) is 4.88. The molecule has 1 amide bonds. The first kappa shape index (κ1) is 19.6. The van der Waals surface area contributed by atoms with Gasteiger partial charge in [0.1, 0.15) is 5.82 Å². The van der Waals surface area contributed by atoms with Gasteiger partial charge >= 0.3 is 5.69 Å². The van der Waals surface area contributed by atoms with E-state index in [0.717, 1.165) is 23.5 Å². The van der Waals surface area contributed by atoms with Gasteiger partial charge in [-0.25, -0.2) is 9.48 Å². The Balaban J connectivity index is 1.63. The van der Waals surface area contributed by atoms with Gasteiger partial charge in [-0.15, -0.1) is 11.3 Å². The van der Waals surface area contributed by atoms with Gasteiger partial charge in [0.2, 0.25) is 5.91 Å². The fourth-order valence-electron chi connectivity index (χ4n) is 3.38. The van der Waals surface area contributed by atoms with Crippen molar-refractivity contribution in [2.45, 2.75) is 38.8 Å². The van der Waals surface area contributed by atoms with Gasteiger partial charge in [0.25, 0.3) is 0 Å². The highest BCUT2D eigenvalue weighted by molar-refractivity contribution is 7.10. The molecule has 3 heterocycles. The molecule has 1 fully saturated rings. The molecule has 0 aliphatic carbocycles. The van der Waals surface area contributed by atoms with Crippen molar-refractivity contribution in [1.82, 2.24) is 19.2 Å². The normalized spacial score (nSPS) is 15.7. The lowest BCUT2D eigenvalue weighted by molar-refractivity contribution is -0.127. The number of ether oxygens (including phenoxy) is 1. The van der Waals surface area contributed by atoms with Gasteiger partial charge in [-0.2, -0.15) is 5.10 Å². The Kier molecular flexibility index (Phi) is 6.63. The molecule has 0 bridgehead atoms. The van der Waals surface area contributed by atoms with E-state index in [1.807, 2.05) is 35.4 Å². The summed E-state index contributed by atoms with van der Waals surface area (Å²) in [5.41, 5.74) is -0.0815. The number of carbonyl (C=O) groups is 1. The molecule has 7 nitrogen and oxygen atoms in total. The van der Waals surface area contributed by atoms with E-state index >= 15 is 0 Å². The fourth-order valence-corrected chi connectivity index (χ4v) is 4.00. The average Bonchev–Trinajstić information content (AvgIpc) is 3.32. The molecule has 2 aromatic rings. The summed E-state index contributed by atoms with van der Waals surface area (Å²) < 4.78 is 8.29. The van der Waals surface area contributed by atoms with Gasteiger partial charge in [0.05, 0.1) is 13.2 Å². The van der Waals surface area contributed by atoms with Crippen LogP contribution in [0.1, 0.15) is 36.4 Å². The highest BCUT2D eigenvalue weighted by Gasteiger charge is 2.27. The lowest BCUT2D eigenvalue weighted by Crippen LogP contribution is -2.37. The van der Waals surface area contributed by atoms with Crippen molar-refractivity contribution in [1.29, 1.82) is 0 Å². The number of hydrogen-bond acceptors (Lipinski definition) is 5. The molecule has 8 heteroatoms. The molecule has 0 unspecified atom stereocenters. The van der Waals surface area contributed by atoms with Crippen molar-refractivity contribution in [2.24, 2.45) is 0 Å². The molecule has 1 aliphatic rings. The maximum atomic E-state index is 12.5. The number of carbonyl (C=O) groups excluding carboxylic acids is 1. The standard InChI is InChI=1S/C19H26N4O3S/c1-3-22-18(20-23(19(22)25)12-13-26-2)15-8-10-21(11-9-15)17(24)7-6-16-5-4-14-27-16/h4-7,14-15H,3,8-13H2,1-2H3. The Morgan fingerprint density at radius 1 is 1.41 bits per heavy atom. The molecule has 0 N–H and O–H groups in total. The number of thiophene rings is 1. The van der Waals surface area contributed by atoms with Crippen molar-refractivity contribution in [3.63, 3.8) is 0 Å². The summed E-state index contributed by atoms with van der Waals surface area (Å²) in [5, 5.41) is 6.55. The molecule has 0 saturated carbocycles. The van der Waals surface area contributed by atoms with Crippen molar-refractivity contribution in [2.75, 3.05) is 26.8 Å². The maximum absolute atomic E-state index is 12.5. The number of piperidine rings is 1. The van der Waals surface area contributed by atoms with Gasteiger partial charge in [-0.1, -0.05) is 6.07 Å². The lowest BCUT2D eigenvalue weighted by atomic mass is 9.96. The quantitative estimate of drug-likeness (QED) is 0.680. The number of hydrogen-bond donors (Lipinski definition) is 0. The Hall–Kier alpha value is -2.19. The summed E-state index contributed by atoms with van der Waals surface area (Å²) in [7, 11) is 1.61. The molecule has 0 spiro atoms.